The van der Waals surface area contributed by atoms with E-state index >= 15 is 0 Å². The maximum atomic E-state index is 9.56. The Kier molecular flexibility index (Phi) is 10.5. The van der Waals surface area contributed by atoms with Gasteiger partial charge in [0.05, 0.1) is 6.10 Å². The second kappa shape index (κ2) is 10.8. The molecule has 0 aromatic heterocycles. The average molecular weight is 198 g/mol. The molecule has 0 fully saturated rings. The van der Waals surface area contributed by atoms with Crippen molar-refractivity contribution >= 4 is 0 Å². The fraction of sp³-hybridized carbons (Fsp3) is 0.846. The normalized spacial score (nSPS) is 13.6. The van der Waals surface area contributed by atoms with E-state index in [0.717, 1.165) is 19.3 Å². The molecule has 1 heteroatoms. The van der Waals surface area contributed by atoms with Crippen molar-refractivity contribution in [1.29, 1.82) is 0 Å². The minimum Gasteiger partial charge on any atom is -0.389 e. The van der Waals surface area contributed by atoms with E-state index in [4.69, 9.17) is 0 Å². The summed E-state index contributed by atoms with van der Waals surface area (Å²) in [6.45, 7) is 4.40. The molecule has 1 nitrogen and oxygen atoms in total. The van der Waals surface area contributed by atoms with Gasteiger partial charge >= 0.3 is 0 Å². The maximum Gasteiger partial charge on any atom is 0.0720 e. The topological polar surface area (TPSA) is 20.2 Å². The SMILES string of the molecule is CCCC/C=C\C(O)CCCCCC. The van der Waals surface area contributed by atoms with Gasteiger partial charge in [-0.15, -0.1) is 0 Å². The molecule has 14 heavy (non-hydrogen) atoms. The van der Waals surface area contributed by atoms with Gasteiger partial charge in [0, 0.05) is 0 Å². The summed E-state index contributed by atoms with van der Waals surface area (Å²) in [6.07, 6.45) is 13.4. The van der Waals surface area contributed by atoms with E-state index in [0.29, 0.717) is 0 Å². The van der Waals surface area contributed by atoms with Gasteiger partial charge in [0.1, 0.15) is 0 Å². The van der Waals surface area contributed by atoms with E-state index in [1.807, 2.05) is 6.08 Å². The molecule has 0 spiro atoms. The van der Waals surface area contributed by atoms with E-state index in [-0.39, 0.29) is 6.10 Å². The Bertz CT molecular complexity index is 129. The van der Waals surface area contributed by atoms with Gasteiger partial charge in [0.2, 0.25) is 0 Å². The fourth-order valence-electron chi connectivity index (χ4n) is 1.45. The van der Waals surface area contributed by atoms with Crippen molar-refractivity contribution in [3.8, 4) is 0 Å². The summed E-state index contributed by atoms with van der Waals surface area (Å²) in [5.74, 6) is 0. The molecule has 0 rings (SSSR count). The molecule has 0 aliphatic carbocycles. The van der Waals surface area contributed by atoms with Crippen molar-refractivity contribution in [2.24, 2.45) is 0 Å². The first-order chi connectivity index (χ1) is 6.81. The monoisotopic (exact) mass is 198 g/mol. The van der Waals surface area contributed by atoms with Gasteiger partial charge in [0.25, 0.3) is 0 Å². The molecule has 0 heterocycles. The lowest BCUT2D eigenvalue weighted by Crippen LogP contribution is -2.01. The molecular weight excluding hydrogens is 172 g/mol. The predicted octanol–water partition coefficient (Wildman–Crippen LogP) is 4.06. The highest BCUT2D eigenvalue weighted by atomic mass is 16.3. The molecule has 1 N–H and O–H groups in total. The summed E-state index contributed by atoms with van der Waals surface area (Å²) in [6, 6.07) is 0. The van der Waals surface area contributed by atoms with Crippen LogP contribution in [0.4, 0.5) is 0 Å². The predicted molar refractivity (Wildman–Crippen MR) is 63.4 cm³/mol. The minimum absolute atomic E-state index is 0.205. The molecule has 0 amide bonds. The van der Waals surface area contributed by atoms with Gasteiger partial charge in [-0.05, 0) is 12.8 Å². The number of aliphatic hydroxyl groups excluding tert-OH is 1. The van der Waals surface area contributed by atoms with Gasteiger partial charge in [-0.1, -0.05) is 64.5 Å². The van der Waals surface area contributed by atoms with Crippen molar-refractivity contribution in [2.75, 3.05) is 0 Å². The molecule has 0 bridgehead atoms. The number of hydrogen-bond donors (Lipinski definition) is 1. The lowest BCUT2D eigenvalue weighted by molar-refractivity contribution is 0.207. The van der Waals surface area contributed by atoms with Crippen LogP contribution in [0.3, 0.4) is 0 Å². The summed E-state index contributed by atoms with van der Waals surface area (Å²) in [5, 5.41) is 9.56. The number of unbranched alkanes of at least 4 members (excludes halogenated alkanes) is 5. The smallest absolute Gasteiger partial charge is 0.0720 e. The van der Waals surface area contributed by atoms with E-state index in [2.05, 4.69) is 19.9 Å². The number of allylic oxidation sites excluding steroid dienone is 1. The molecular formula is C13H26O. The summed E-state index contributed by atoms with van der Waals surface area (Å²) in [4.78, 5) is 0. The van der Waals surface area contributed by atoms with Crippen molar-refractivity contribution in [2.45, 2.75) is 71.3 Å². The summed E-state index contributed by atoms with van der Waals surface area (Å²) in [5.41, 5.74) is 0. The summed E-state index contributed by atoms with van der Waals surface area (Å²) < 4.78 is 0. The molecule has 1 unspecified atom stereocenters. The van der Waals surface area contributed by atoms with Crippen molar-refractivity contribution in [1.82, 2.24) is 0 Å². The lowest BCUT2D eigenvalue weighted by Gasteiger charge is -2.04. The van der Waals surface area contributed by atoms with Crippen LogP contribution >= 0.6 is 0 Å². The first-order valence-electron chi connectivity index (χ1n) is 6.16. The molecule has 0 radical (unpaired) electrons. The van der Waals surface area contributed by atoms with E-state index in [1.165, 1.54) is 32.1 Å². The van der Waals surface area contributed by atoms with Crippen molar-refractivity contribution in [3.05, 3.63) is 12.2 Å². The van der Waals surface area contributed by atoms with Crippen LogP contribution in [0.5, 0.6) is 0 Å². The van der Waals surface area contributed by atoms with Gasteiger partial charge in [0.15, 0.2) is 0 Å². The zero-order valence-corrected chi connectivity index (χ0v) is 9.84. The second-order valence-corrected chi connectivity index (χ2v) is 3.99. The molecule has 0 aromatic carbocycles. The van der Waals surface area contributed by atoms with E-state index in [1.54, 1.807) is 0 Å². The first-order valence-corrected chi connectivity index (χ1v) is 6.16. The van der Waals surface area contributed by atoms with Gasteiger partial charge < -0.3 is 5.11 Å². The van der Waals surface area contributed by atoms with E-state index < -0.39 is 0 Å². The van der Waals surface area contributed by atoms with Gasteiger partial charge in [-0.3, -0.25) is 0 Å². The Labute approximate surface area is 89.2 Å². The Hall–Kier alpha value is -0.300. The molecule has 84 valence electrons. The molecule has 0 aromatic rings. The standard InChI is InChI=1S/C13H26O/c1-3-5-7-9-11-13(14)12-10-8-6-4-2/h9,11,13-14H,3-8,10,12H2,1-2H3/b11-9-. The van der Waals surface area contributed by atoms with Crippen LogP contribution in [0.25, 0.3) is 0 Å². The zero-order chi connectivity index (χ0) is 10.6. The third-order valence-corrected chi connectivity index (χ3v) is 2.44. The molecule has 0 aliphatic rings. The largest absolute Gasteiger partial charge is 0.389 e. The Balaban J connectivity index is 3.26. The lowest BCUT2D eigenvalue weighted by atomic mass is 10.1. The Morgan fingerprint density at radius 1 is 1.00 bits per heavy atom. The van der Waals surface area contributed by atoms with Crippen LogP contribution in [0, 0.1) is 0 Å². The van der Waals surface area contributed by atoms with Gasteiger partial charge in [-0.2, -0.15) is 0 Å². The molecule has 0 saturated heterocycles. The fourth-order valence-corrected chi connectivity index (χ4v) is 1.45. The third kappa shape index (κ3) is 9.79. The van der Waals surface area contributed by atoms with E-state index in [9.17, 15) is 5.11 Å². The highest BCUT2D eigenvalue weighted by Gasteiger charge is 1.97. The summed E-state index contributed by atoms with van der Waals surface area (Å²) in [7, 11) is 0. The van der Waals surface area contributed by atoms with Gasteiger partial charge in [-0.25, -0.2) is 0 Å². The van der Waals surface area contributed by atoms with Crippen molar-refractivity contribution in [3.63, 3.8) is 0 Å². The zero-order valence-electron chi connectivity index (χ0n) is 9.84. The molecule has 0 aliphatic heterocycles. The Morgan fingerprint density at radius 2 is 1.71 bits per heavy atom. The number of aliphatic hydroxyl groups is 1. The van der Waals surface area contributed by atoms with Crippen LogP contribution < -0.4 is 0 Å². The quantitative estimate of drug-likeness (QED) is 0.437. The minimum atomic E-state index is -0.205. The molecule has 0 saturated carbocycles. The van der Waals surface area contributed by atoms with Crippen LogP contribution in [-0.4, -0.2) is 11.2 Å². The van der Waals surface area contributed by atoms with Crippen molar-refractivity contribution < 1.29 is 5.11 Å². The second-order valence-electron chi connectivity index (χ2n) is 3.99. The average Bonchev–Trinajstić information content (AvgIpc) is 2.19. The molecule has 1 atom stereocenters. The summed E-state index contributed by atoms with van der Waals surface area (Å²) >= 11 is 0. The number of rotatable bonds is 9. The van der Waals surface area contributed by atoms with Crippen LogP contribution in [0.1, 0.15) is 65.2 Å². The van der Waals surface area contributed by atoms with Crippen LogP contribution in [0.15, 0.2) is 12.2 Å². The van der Waals surface area contributed by atoms with Crippen LogP contribution in [0.2, 0.25) is 0 Å². The Morgan fingerprint density at radius 3 is 2.36 bits per heavy atom. The highest BCUT2D eigenvalue weighted by molar-refractivity contribution is 4.88. The third-order valence-electron chi connectivity index (χ3n) is 2.44. The van der Waals surface area contributed by atoms with Crippen LogP contribution in [-0.2, 0) is 0 Å². The highest BCUT2D eigenvalue weighted by Crippen LogP contribution is 2.07. The first kappa shape index (κ1) is 13.7. The number of hydrogen-bond acceptors (Lipinski definition) is 1. The maximum absolute atomic E-state index is 9.56.